The van der Waals surface area contributed by atoms with Crippen molar-refractivity contribution in [2.24, 2.45) is 0 Å². The highest BCUT2D eigenvalue weighted by atomic mass is 15.2. The molecule has 19 heavy (non-hydrogen) atoms. The third kappa shape index (κ3) is 1.62. The molecule has 4 rings (SSSR count). The Hall–Kier alpha value is -2.57. The van der Waals surface area contributed by atoms with E-state index in [0.717, 1.165) is 35.5 Å². The first-order valence-electron chi connectivity index (χ1n) is 6.10. The van der Waals surface area contributed by atoms with Crippen molar-refractivity contribution >= 4 is 17.1 Å². The van der Waals surface area contributed by atoms with Crippen LogP contribution in [0.1, 0.15) is 18.9 Å². The van der Waals surface area contributed by atoms with Crippen molar-refractivity contribution in [3.63, 3.8) is 0 Å². The summed E-state index contributed by atoms with van der Waals surface area (Å²) in [7, 11) is 0. The molecule has 0 spiro atoms. The summed E-state index contributed by atoms with van der Waals surface area (Å²) in [5.74, 6) is 1.03. The van der Waals surface area contributed by atoms with Gasteiger partial charge in [0.25, 0.3) is 0 Å². The van der Waals surface area contributed by atoms with Crippen LogP contribution in [-0.2, 0) is 0 Å². The maximum atomic E-state index is 5.64. The van der Waals surface area contributed by atoms with Crippen LogP contribution in [0.15, 0.2) is 24.8 Å². The zero-order valence-electron chi connectivity index (χ0n) is 10.1. The maximum Gasteiger partial charge on any atom is 0.220 e. The first kappa shape index (κ1) is 10.4. The minimum absolute atomic E-state index is 0.248. The summed E-state index contributed by atoms with van der Waals surface area (Å²) in [4.78, 5) is 21.1. The van der Waals surface area contributed by atoms with Crippen LogP contribution in [0.2, 0.25) is 0 Å². The van der Waals surface area contributed by atoms with E-state index in [9.17, 15) is 0 Å². The van der Waals surface area contributed by atoms with E-state index in [-0.39, 0.29) is 5.95 Å². The van der Waals surface area contributed by atoms with Crippen molar-refractivity contribution in [2.75, 3.05) is 5.73 Å². The Morgan fingerprint density at radius 1 is 1.21 bits per heavy atom. The van der Waals surface area contributed by atoms with Crippen molar-refractivity contribution in [1.29, 1.82) is 0 Å². The largest absolute Gasteiger partial charge is 0.368 e. The zero-order valence-corrected chi connectivity index (χ0v) is 10.1. The number of imidazole rings is 1. The van der Waals surface area contributed by atoms with Gasteiger partial charge in [-0.1, -0.05) is 0 Å². The summed E-state index contributed by atoms with van der Waals surface area (Å²) >= 11 is 0. The molecule has 0 saturated heterocycles. The van der Waals surface area contributed by atoms with Gasteiger partial charge in [0.05, 0.1) is 6.20 Å². The standard InChI is InChI=1S/C12H11N7/c13-12-15-4-3-8(18-12)11-17-9-5-14-6-16-10(9)19(11)7-1-2-7/h3-7H,1-2H2,(H2,13,15,18). The highest BCUT2D eigenvalue weighted by Crippen LogP contribution is 2.40. The number of aromatic nitrogens is 6. The van der Waals surface area contributed by atoms with Gasteiger partial charge in [-0.25, -0.2) is 24.9 Å². The first-order chi connectivity index (χ1) is 9.33. The molecular weight excluding hydrogens is 242 g/mol. The Kier molecular flexibility index (Phi) is 2.02. The molecule has 0 amide bonds. The van der Waals surface area contributed by atoms with Crippen LogP contribution in [0.25, 0.3) is 22.7 Å². The summed E-state index contributed by atoms with van der Waals surface area (Å²) < 4.78 is 2.12. The average Bonchev–Trinajstić information content (AvgIpc) is 3.18. The lowest BCUT2D eigenvalue weighted by molar-refractivity contribution is 0.762. The van der Waals surface area contributed by atoms with Gasteiger partial charge in [0.2, 0.25) is 5.95 Å². The van der Waals surface area contributed by atoms with Crippen LogP contribution in [0.3, 0.4) is 0 Å². The normalized spacial score (nSPS) is 14.9. The number of hydrogen-bond donors (Lipinski definition) is 1. The molecule has 7 nitrogen and oxygen atoms in total. The Bertz CT molecular complexity index is 760. The third-order valence-corrected chi connectivity index (χ3v) is 3.17. The van der Waals surface area contributed by atoms with Crippen LogP contribution in [-0.4, -0.2) is 29.5 Å². The predicted octanol–water partition coefficient (Wildman–Crippen LogP) is 1.20. The number of anilines is 1. The number of rotatable bonds is 2. The first-order valence-corrected chi connectivity index (χ1v) is 6.10. The lowest BCUT2D eigenvalue weighted by Gasteiger charge is -2.06. The predicted molar refractivity (Wildman–Crippen MR) is 69.0 cm³/mol. The Balaban J connectivity index is 2.00. The molecule has 0 aliphatic heterocycles. The summed E-state index contributed by atoms with van der Waals surface area (Å²) in [5, 5.41) is 0. The molecule has 0 unspecified atom stereocenters. The summed E-state index contributed by atoms with van der Waals surface area (Å²) in [6, 6.07) is 2.26. The van der Waals surface area contributed by atoms with Crippen molar-refractivity contribution in [1.82, 2.24) is 29.5 Å². The van der Waals surface area contributed by atoms with Crippen molar-refractivity contribution < 1.29 is 0 Å². The molecule has 1 fully saturated rings. The van der Waals surface area contributed by atoms with Gasteiger partial charge >= 0.3 is 0 Å². The summed E-state index contributed by atoms with van der Waals surface area (Å²) in [5.41, 5.74) is 8.00. The van der Waals surface area contributed by atoms with E-state index in [1.54, 1.807) is 18.7 Å². The molecule has 0 radical (unpaired) electrons. The number of nitrogens with two attached hydrogens (primary N) is 1. The van der Waals surface area contributed by atoms with Gasteiger partial charge in [0.15, 0.2) is 11.5 Å². The van der Waals surface area contributed by atoms with Crippen LogP contribution < -0.4 is 5.73 Å². The van der Waals surface area contributed by atoms with E-state index >= 15 is 0 Å². The lowest BCUT2D eigenvalue weighted by Crippen LogP contribution is -2.02. The number of hydrogen-bond acceptors (Lipinski definition) is 6. The average molecular weight is 253 g/mol. The van der Waals surface area contributed by atoms with E-state index < -0.39 is 0 Å². The van der Waals surface area contributed by atoms with E-state index in [1.807, 2.05) is 6.07 Å². The number of fused-ring (bicyclic) bond motifs is 1. The van der Waals surface area contributed by atoms with E-state index in [2.05, 4.69) is 29.5 Å². The molecule has 3 heterocycles. The highest BCUT2D eigenvalue weighted by molar-refractivity contribution is 5.75. The molecule has 1 saturated carbocycles. The van der Waals surface area contributed by atoms with Gasteiger partial charge < -0.3 is 10.3 Å². The second-order valence-corrected chi connectivity index (χ2v) is 4.57. The minimum Gasteiger partial charge on any atom is -0.368 e. The van der Waals surface area contributed by atoms with Crippen LogP contribution >= 0.6 is 0 Å². The van der Waals surface area contributed by atoms with Crippen molar-refractivity contribution in [3.8, 4) is 11.5 Å². The van der Waals surface area contributed by atoms with E-state index in [1.165, 1.54) is 0 Å². The second kappa shape index (κ2) is 3.71. The van der Waals surface area contributed by atoms with Gasteiger partial charge in [0, 0.05) is 12.2 Å². The molecule has 1 aliphatic rings. The fraction of sp³-hybridized carbons (Fsp3) is 0.250. The van der Waals surface area contributed by atoms with Gasteiger partial charge in [0.1, 0.15) is 17.5 Å². The van der Waals surface area contributed by atoms with E-state index in [0.29, 0.717) is 6.04 Å². The van der Waals surface area contributed by atoms with Crippen LogP contribution in [0, 0.1) is 0 Å². The molecule has 2 N–H and O–H groups in total. The summed E-state index contributed by atoms with van der Waals surface area (Å²) in [6.07, 6.45) is 7.18. The Morgan fingerprint density at radius 2 is 2.11 bits per heavy atom. The Morgan fingerprint density at radius 3 is 2.89 bits per heavy atom. The van der Waals surface area contributed by atoms with Crippen LogP contribution in [0.4, 0.5) is 5.95 Å². The van der Waals surface area contributed by atoms with Gasteiger partial charge in [-0.05, 0) is 18.9 Å². The topological polar surface area (TPSA) is 95.4 Å². The molecular formula is C12H11N7. The SMILES string of the molecule is Nc1nccc(-c2nc3cncnc3n2C2CC2)n1. The number of nitrogens with zero attached hydrogens (tertiary/aromatic N) is 6. The van der Waals surface area contributed by atoms with E-state index in [4.69, 9.17) is 5.73 Å². The highest BCUT2D eigenvalue weighted by Gasteiger charge is 2.29. The number of nitrogen functional groups attached to an aromatic ring is 1. The lowest BCUT2D eigenvalue weighted by atomic mass is 10.4. The zero-order chi connectivity index (χ0) is 12.8. The van der Waals surface area contributed by atoms with Gasteiger partial charge in [-0.2, -0.15) is 0 Å². The van der Waals surface area contributed by atoms with Crippen LogP contribution in [0.5, 0.6) is 0 Å². The fourth-order valence-electron chi connectivity index (χ4n) is 2.21. The minimum atomic E-state index is 0.248. The van der Waals surface area contributed by atoms with Crippen molar-refractivity contribution in [3.05, 3.63) is 24.8 Å². The molecule has 0 atom stereocenters. The molecule has 0 aromatic carbocycles. The third-order valence-electron chi connectivity index (χ3n) is 3.17. The maximum absolute atomic E-state index is 5.64. The molecule has 3 aromatic rings. The smallest absolute Gasteiger partial charge is 0.220 e. The quantitative estimate of drug-likeness (QED) is 0.737. The van der Waals surface area contributed by atoms with Gasteiger partial charge in [-0.3, -0.25) is 0 Å². The van der Waals surface area contributed by atoms with Gasteiger partial charge in [-0.15, -0.1) is 0 Å². The molecule has 94 valence electrons. The van der Waals surface area contributed by atoms with Crippen molar-refractivity contribution in [2.45, 2.75) is 18.9 Å². The monoisotopic (exact) mass is 253 g/mol. The Labute approximate surface area is 108 Å². The molecule has 1 aliphatic carbocycles. The molecule has 0 bridgehead atoms. The molecule has 7 heteroatoms. The fourth-order valence-corrected chi connectivity index (χ4v) is 2.21. The molecule has 3 aromatic heterocycles. The second-order valence-electron chi connectivity index (χ2n) is 4.57. The summed E-state index contributed by atoms with van der Waals surface area (Å²) in [6.45, 7) is 0.